The summed E-state index contributed by atoms with van der Waals surface area (Å²) in [5.41, 5.74) is 0. The van der Waals surface area contributed by atoms with Crippen molar-refractivity contribution in [2.45, 2.75) is 31.8 Å². The summed E-state index contributed by atoms with van der Waals surface area (Å²) in [6.45, 7) is 0. The normalized spacial score (nSPS) is 18.9. The molecular formula is C9H12N2O2. The lowest BCUT2D eigenvalue weighted by Gasteiger charge is -2.21. The molecule has 0 atom stereocenters. The maximum absolute atomic E-state index is 10.9. The van der Waals surface area contributed by atoms with Crippen LogP contribution in [0.25, 0.3) is 0 Å². The lowest BCUT2D eigenvalue weighted by atomic mass is 9.97. The SMILES string of the molecule is O=C1CCC(On2ccnc2)CC1. The molecule has 1 aromatic rings. The van der Waals surface area contributed by atoms with E-state index in [1.807, 2.05) is 0 Å². The molecule has 1 fully saturated rings. The predicted octanol–water partition coefficient (Wildman–Crippen LogP) is 0.823. The van der Waals surface area contributed by atoms with Gasteiger partial charge in [-0.15, -0.1) is 0 Å². The smallest absolute Gasteiger partial charge is 0.133 e. The van der Waals surface area contributed by atoms with Crippen molar-refractivity contribution in [2.24, 2.45) is 0 Å². The minimum Gasteiger partial charge on any atom is -0.410 e. The van der Waals surface area contributed by atoms with Crippen molar-refractivity contribution in [2.75, 3.05) is 0 Å². The minimum atomic E-state index is 0.173. The second kappa shape index (κ2) is 3.60. The number of carbonyl (C=O) groups excluding carboxylic acids is 1. The number of imidazole rings is 1. The molecule has 1 aliphatic carbocycles. The number of nitrogens with zero attached hydrogens (tertiary/aromatic N) is 2. The Kier molecular flexibility index (Phi) is 2.29. The highest BCUT2D eigenvalue weighted by Gasteiger charge is 2.20. The van der Waals surface area contributed by atoms with Crippen LogP contribution in [0.15, 0.2) is 18.7 Å². The molecule has 0 spiro atoms. The Hall–Kier alpha value is -1.32. The van der Waals surface area contributed by atoms with E-state index in [9.17, 15) is 4.79 Å². The maximum atomic E-state index is 10.9. The first kappa shape index (κ1) is 8.29. The molecule has 4 heteroatoms. The van der Waals surface area contributed by atoms with Gasteiger partial charge in [-0.1, -0.05) is 0 Å². The molecule has 0 amide bonds. The summed E-state index contributed by atoms with van der Waals surface area (Å²) in [5.74, 6) is 0.352. The van der Waals surface area contributed by atoms with E-state index in [0.29, 0.717) is 18.6 Å². The molecular weight excluding hydrogens is 168 g/mol. The van der Waals surface area contributed by atoms with Gasteiger partial charge in [-0.2, -0.15) is 4.73 Å². The molecule has 0 N–H and O–H groups in total. The van der Waals surface area contributed by atoms with Gasteiger partial charge in [0.2, 0.25) is 0 Å². The van der Waals surface area contributed by atoms with E-state index < -0.39 is 0 Å². The molecule has 0 saturated heterocycles. The fraction of sp³-hybridized carbons (Fsp3) is 0.556. The summed E-state index contributed by atoms with van der Waals surface area (Å²) in [5, 5.41) is 0. The van der Waals surface area contributed by atoms with Crippen LogP contribution in [-0.4, -0.2) is 21.6 Å². The van der Waals surface area contributed by atoms with Gasteiger partial charge in [0.1, 0.15) is 18.2 Å². The van der Waals surface area contributed by atoms with Crippen LogP contribution in [0, 0.1) is 0 Å². The molecule has 1 saturated carbocycles. The van der Waals surface area contributed by atoms with E-state index in [4.69, 9.17) is 4.84 Å². The molecule has 1 heterocycles. The number of hydrogen-bond donors (Lipinski definition) is 0. The first-order valence-corrected chi connectivity index (χ1v) is 4.51. The average Bonchev–Trinajstić information content (AvgIpc) is 2.62. The summed E-state index contributed by atoms with van der Waals surface area (Å²) in [6, 6.07) is 0. The van der Waals surface area contributed by atoms with Crippen LogP contribution in [-0.2, 0) is 4.79 Å². The number of rotatable bonds is 2. The van der Waals surface area contributed by atoms with E-state index in [1.54, 1.807) is 23.5 Å². The molecule has 0 unspecified atom stereocenters. The summed E-state index contributed by atoms with van der Waals surface area (Å²) in [4.78, 5) is 20.4. The topological polar surface area (TPSA) is 44.1 Å². The van der Waals surface area contributed by atoms with Gasteiger partial charge in [0.05, 0.1) is 6.20 Å². The maximum Gasteiger partial charge on any atom is 0.133 e. The van der Waals surface area contributed by atoms with Gasteiger partial charge >= 0.3 is 0 Å². The van der Waals surface area contributed by atoms with E-state index >= 15 is 0 Å². The van der Waals surface area contributed by atoms with E-state index in [1.165, 1.54) is 0 Å². The highest BCUT2D eigenvalue weighted by Crippen LogP contribution is 2.15. The third-order valence-corrected chi connectivity index (χ3v) is 2.24. The second-order valence-corrected chi connectivity index (χ2v) is 3.27. The van der Waals surface area contributed by atoms with Crippen molar-refractivity contribution >= 4 is 5.78 Å². The van der Waals surface area contributed by atoms with Crippen molar-refractivity contribution in [1.29, 1.82) is 0 Å². The molecule has 4 nitrogen and oxygen atoms in total. The van der Waals surface area contributed by atoms with Crippen molar-refractivity contribution in [3.8, 4) is 0 Å². The number of Topliss-reactive ketones (excluding diaryl/α,β-unsaturated/α-hetero) is 1. The number of carbonyl (C=O) groups is 1. The van der Waals surface area contributed by atoms with Crippen molar-refractivity contribution in [3.63, 3.8) is 0 Å². The van der Waals surface area contributed by atoms with Crippen LogP contribution in [0.1, 0.15) is 25.7 Å². The van der Waals surface area contributed by atoms with E-state index in [0.717, 1.165) is 12.8 Å². The van der Waals surface area contributed by atoms with E-state index in [-0.39, 0.29) is 6.10 Å². The van der Waals surface area contributed by atoms with Crippen LogP contribution in [0.2, 0.25) is 0 Å². The first-order valence-electron chi connectivity index (χ1n) is 4.51. The quantitative estimate of drug-likeness (QED) is 0.677. The predicted molar refractivity (Wildman–Crippen MR) is 46.1 cm³/mol. The Morgan fingerprint density at radius 2 is 2.23 bits per heavy atom. The fourth-order valence-corrected chi connectivity index (χ4v) is 1.50. The molecule has 2 rings (SSSR count). The van der Waals surface area contributed by atoms with Gasteiger partial charge in [0.25, 0.3) is 0 Å². The molecule has 70 valence electrons. The summed E-state index contributed by atoms with van der Waals surface area (Å²) < 4.78 is 1.60. The molecule has 0 aromatic carbocycles. The van der Waals surface area contributed by atoms with Gasteiger partial charge in [-0.25, -0.2) is 4.98 Å². The minimum absolute atomic E-state index is 0.173. The standard InChI is InChI=1S/C9H12N2O2/c12-8-1-3-9(4-2-8)13-11-6-5-10-7-11/h5-7,9H,1-4H2. The fourth-order valence-electron chi connectivity index (χ4n) is 1.50. The highest BCUT2D eigenvalue weighted by atomic mass is 16.7. The van der Waals surface area contributed by atoms with Crippen molar-refractivity contribution < 1.29 is 9.63 Å². The lowest BCUT2D eigenvalue weighted by Crippen LogP contribution is -2.29. The number of aromatic nitrogens is 2. The van der Waals surface area contributed by atoms with Gasteiger partial charge in [-0.05, 0) is 12.8 Å². The van der Waals surface area contributed by atoms with Crippen molar-refractivity contribution in [1.82, 2.24) is 9.71 Å². The van der Waals surface area contributed by atoms with Crippen molar-refractivity contribution in [3.05, 3.63) is 18.7 Å². The Balaban J connectivity index is 1.86. The Bertz CT molecular complexity index is 272. The lowest BCUT2D eigenvalue weighted by molar-refractivity contribution is -0.123. The Morgan fingerprint density at radius 1 is 1.46 bits per heavy atom. The zero-order valence-corrected chi connectivity index (χ0v) is 7.35. The van der Waals surface area contributed by atoms with Crippen LogP contribution >= 0.6 is 0 Å². The van der Waals surface area contributed by atoms with Gasteiger partial charge in [0, 0.05) is 19.0 Å². The zero-order valence-electron chi connectivity index (χ0n) is 7.35. The Labute approximate surface area is 76.5 Å². The summed E-state index contributed by atoms with van der Waals surface area (Å²) in [6.07, 6.45) is 8.19. The second-order valence-electron chi connectivity index (χ2n) is 3.27. The largest absolute Gasteiger partial charge is 0.410 e. The van der Waals surface area contributed by atoms with Crippen LogP contribution in [0.3, 0.4) is 0 Å². The average molecular weight is 180 g/mol. The molecule has 0 radical (unpaired) electrons. The molecule has 1 aromatic heterocycles. The number of hydrogen-bond acceptors (Lipinski definition) is 3. The molecule has 1 aliphatic rings. The number of ketones is 1. The Morgan fingerprint density at radius 3 is 2.85 bits per heavy atom. The van der Waals surface area contributed by atoms with Crippen LogP contribution < -0.4 is 4.84 Å². The first-order chi connectivity index (χ1) is 6.34. The summed E-state index contributed by atoms with van der Waals surface area (Å²) >= 11 is 0. The summed E-state index contributed by atoms with van der Waals surface area (Å²) in [7, 11) is 0. The third-order valence-electron chi connectivity index (χ3n) is 2.24. The van der Waals surface area contributed by atoms with Gasteiger partial charge in [0.15, 0.2) is 0 Å². The van der Waals surface area contributed by atoms with Gasteiger partial charge in [-0.3, -0.25) is 4.79 Å². The van der Waals surface area contributed by atoms with Crippen LogP contribution in [0.5, 0.6) is 0 Å². The molecule has 13 heavy (non-hydrogen) atoms. The molecule has 0 aliphatic heterocycles. The third kappa shape index (κ3) is 2.08. The molecule has 0 bridgehead atoms. The van der Waals surface area contributed by atoms with E-state index in [2.05, 4.69) is 4.98 Å². The van der Waals surface area contributed by atoms with Gasteiger partial charge < -0.3 is 4.84 Å². The zero-order chi connectivity index (χ0) is 9.10. The highest BCUT2D eigenvalue weighted by molar-refractivity contribution is 5.79. The van der Waals surface area contributed by atoms with Crippen LogP contribution in [0.4, 0.5) is 0 Å². The monoisotopic (exact) mass is 180 g/mol.